The van der Waals surface area contributed by atoms with E-state index < -0.39 is 0 Å². The number of hydrogen-bond acceptors (Lipinski definition) is 0. The Bertz CT molecular complexity index is 232. The van der Waals surface area contributed by atoms with Crippen molar-refractivity contribution in [3.63, 3.8) is 0 Å². The summed E-state index contributed by atoms with van der Waals surface area (Å²) in [5.41, 5.74) is 1.28. The highest BCUT2D eigenvalue weighted by atomic mass is 14.6. The van der Waals surface area contributed by atoms with Crippen molar-refractivity contribution in [2.45, 2.75) is 82.6 Å². The van der Waals surface area contributed by atoms with Crippen molar-refractivity contribution in [3.05, 3.63) is 0 Å². The molecule has 0 radical (unpaired) electrons. The molecular formula is C17H36. The van der Waals surface area contributed by atoms with E-state index in [9.17, 15) is 0 Å². The first kappa shape index (κ1) is 17.0. The van der Waals surface area contributed by atoms with Gasteiger partial charge in [-0.1, -0.05) is 76.2 Å². The van der Waals surface area contributed by atoms with Crippen LogP contribution in [0.15, 0.2) is 0 Å². The maximum Gasteiger partial charge on any atom is -0.0172 e. The minimum Gasteiger partial charge on any atom is -0.0648 e. The lowest BCUT2D eigenvalue weighted by Crippen LogP contribution is -2.56. The molecule has 0 N–H and O–H groups in total. The van der Waals surface area contributed by atoms with Crippen LogP contribution in [0.3, 0.4) is 0 Å². The average Bonchev–Trinajstić information content (AvgIpc) is 2.11. The van der Waals surface area contributed by atoms with E-state index in [1.54, 1.807) is 0 Å². The van der Waals surface area contributed by atoms with E-state index in [-0.39, 0.29) is 0 Å². The highest BCUT2D eigenvalue weighted by molar-refractivity contribution is 5.06. The smallest absolute Gasteiger partial charge is 0.0172 e. The Balaban J connectivity index is 5.99. The molecule has 0 amide bonds. The summed E-state index contributed by atoms with van der Waals surface area (Å²) in [6.07, 6.45) is 1.25. The third-order valence-corrected chi connectivity index (χ3v) is 6.15. The lowest BCUT2D eigenvalue weighted by atomic mass is 9.42. The largest absolute Gasteiger partial charge is 0.0648 e. The molecule has 17 heavy (non-hydrogen) atoms. The van der Waals surface area contributed by atoms with Gasteiger partial charge in [-0.15, -0.1) is 0 Å². The first-order valence-electron chi connectivity index (χ1n) is 7.25. The molecule has 0 fully saturated rings. The molecule has 0 aliphatic heterocycles. The molecule has 0 saturated carbocycles. The van der Waals surface area contributed by atoms with Crippen molar-refractivity contribution >= 4 is 0 Å². The second-order valence-corrected chi connectivity index (χ2v) is 8.55. The number of hydrogen-bond donors (Lipinski definition) is 0. The quantitative estimate of drug-likeness (QED) is 0.554. The summed E-state index contributed by atoms with van der Waals surface area (Å²) in [6, 6.07) is 0. The van der Waals surface area contributed by atoms with Crippen molar-refractivity contribution in [1.29, 1.82) is 0 Å². The predicted octanol–water partition coefficient (Wildman–Crippen LogP) is 6.16. The molecule has 0 heteroatoms. The summed E-state index contributed by atoms with van der Waals surface area (Å²) >= 11 is 0. The Morgan fingerprint density at radius 1 is 0.706 bits per heavy atom. The molecule has 0 nitrogen and oxygen atoms in total. The zero-order valence-corrected chi connectivity index (χ0v) is 14.3. The molecule has 0 spiro atoms. The maximum absolute atomic E-state index is 2.51. The third kappa shape index (κ3) is 2.42. The molecule has 1 atom stereocenters. The normalized spacial score (nSPS) is 18.4. The maximum atomic E-state index is 2.51. The van der Waals surface area contributed by atoms with Gasteiger partial charge in [-0.05, 0) is 34.0 Å². The second kappa shape index (κ2) is 4.59. The second-order valence-electron chi connectivity index (χ2n) is 8.55. The topological polar surface area (TPSA) is 0 Å². The van der Waals surface area contributed by atoms with Gasteiger partial charge in [0.1, 0.15) is 0 Å². The van der Waals surface area contributed by atoms with E-state index in [0.29, 0.717) is 27.6 Å². The van der Waals surface area contributed by atoms with Crippen molar-refractivity contribution in [2.24, 2.45) is 27.6 Å². The summed E-state index contributed by atoms with van der Waals surface area (Å²) in [5.74, 6) is 0.705. The molecule has 0 aromatic carbocycles. The fourth-order valence-corrected chi connectivity index (χ4v) is 4.18. The Morgan fingerprint density at radius 3 is 1.06 bits per heavy atom. The van der Waals surface area contributed by atoms with Gasteiger partial charge in [0, 0.05) is 0 Å². The van der Waals surface area contributed by atoms with Crippen LogP contribution in [-0.2, 0) is 0 Å². The Morgan fingerprint density at radius 2 is 1.00 bits per heavy atom. The summed E-state index contributed by atoms with van der Waals surface area (Å²) in [6.45, 7) is 26.6. The van der Waals surface area contributed by atoms with E-state index in [1.807, 2.05) is 0 Å². The van der Waals surface area contributed by atoms with E-state index in [4.69, 9.17) is 0 Å². The molecule has 0 aromatic rings. The van der Waals surface area contributed by atoms with Gasteiger partial charge in [0.25, 0.3) is 0 Å². The molecule has 0 aromatic heterocycles. The summed E-state index contributed by atoms with van der Waals surface area (Å²) < 4.78 is 0. The van der Waals surface area contributed by atoms with Gasteiger partial charge in [0.2, 0.25) is 0 Å². The molecule has 0 aliphatic carbocycles. The minimum atomic E-state index is 0.302. The monoisotopic (exact) mass is 240 g/mol. The van der Waals surface area contributed by atoms with Gasteiger partial charge < -0.3 is 0 Å². The van der Waals surface area contributed by atoms with E-state index in [2.05, 4.69) is 76.2 Å². The highest BCUT2D eigenvalue weighted by Gasteiger charge is 2.57. The SMILES string of the molecule is CCC(C)(C(C)C)C(C)(C(C)(C)C)C(C)(C)C. The van der Waals surface area contributed by atoms with Crippen LogP contribution < -0.4 is 0 Å². The first-order valence-corrected chi connectivity index (χ1v) is 7.25. The summed E-state index contributed by atoms with van der Waals surface area (Å²) in [5, 5.41) is 0. The molecule has 104 valence electrons. The molecule has 0 heterocycles. The van der Waals surface area contributed by atoms with Crippen molar-refractivity contribution in [3.8, 4) is 0 Å². The third-order valence-electron chi connectivity index (χ3n) is 6.15. The fourth-order valence-electron chi connectivity index (χ4n) is 4.18. The van der Waals surface area contributed by atoms with Crippen LogP contribution in [-0.4, -0.2) is 0 Å². The van der Waals surface area contributed by atoms with Crippen LogP contribution in [0.5, 0.6) is 0 Å². The molecule has 0 bridgehead atoms. The van der Waals surface area contributed by atoms with Gasteiger partial charge in [-0.25, -0.2) is 0 Å². The first-order chi connectivity index (χ1) is 7.25. The van der Waals surface area contributed by atoms with Crippen molar-refractivity contribution in [1.82, 2.24) is 0 Å². The summed E-state index contributed by atoms with van der Waals surface area (Å²) in [7, 11) is 0. The Kier molecular flexibility index (Phi) is 4.59. The highest BCUT2D eigenvalue weighted by Crippen LogP contribution is 2.64. The standard InChI is InChI=1S/C17H36/c1-12-16(10,13(2)3)17(11,14(4,5)6)15(7,8)9/h13H,12H2,1-11H3. The molecule has 0 rings (SSSR count). The Labute approximate surface area is 111 Å². The molecular weight excluding hydrogens is 204 g/mol. The van der Waals surface area contributed by atoms with E-state index in [1.165, 1.54) is 6.42 Å². The number of rotatable bonds is 3. The van der Waals surface area contributed by atoms with Crippen LogP contribution in [0.1, 0.15) is 82.6 Å². The minimum absolute atomic E-state index is 0.302. The van der Waals surface area contributed by atoms with E-state index in [0.717, 1.165) is 0 Å². The van der Waals surface area contributed by atoms with Crippen molar-refractivity contribution < 1.29 is 0 Å². The molecule has 0 aliphatic rings. The van der Waals surface area contributed by atoms with Gasteiger partial charge in [-0.3, -0.25) is 0 Å². The lowest BCUT2D eigenvalue weighted by molar-refractivity contribution is -0.146. The lowest BCUT2D eigenvalue weighted by Gasteiger charge is -2.63. The van der Waals surface area contributed by atoms with Crippen LogP contribution in [0.2, 0.25) is 0 Å². The van der Waals surface area contributed by atoms with Crippen LogP contribution in [0.4, 0.5) is 0 Å². The zero-order valence-electron chi connectivity index (χ0n) is 14.3. The van der Waals surface area contributed by atoms with Crippen molar-refractivity contribution in [2.75, 3.05) is 0 Å². The molecule has 1 unspecified atom stereocenters. The van der Waals surface area contributed by atoms with Crippen LogP contribution in [0, 0.1) is 27.6 Å². The van der Waals surface area contributed by atoms with Gasteiger partial charge in [0.05, 0.1) is 0 Å². The zero-order chi connectivity index (χ0) is 14.3. The van der Waals surface area contributed by atoms with Gasteiger partial charge in [0.15, 0.2) is 0 Å². The molecule has 0 saturated heterocycles. The van der Waals surface area contributed by atoms with Crippen LogP contribution >= 0.6 is 0 Å². The fraction of sp³-hybridized carbons (Fsp3) is 1.00. The Hall–Kier alpha value is 0. The average molecular weight is 240 g/mol. The van der Waals surface area contributed by atoms with Gasteiger partial charge >= 0.3 is 0 Å². The van der Waals surface area contributed by atoms with E-state index >= 15 is 0 Å². The summed E-state index contributed by atoms with van der Waals surface area (Å²) in [4.78, 5) is 0. The predicted molar refractivity (Wildman–Crippen MR) is 80.3 cm³/mol. The van der Waals surface area contributed by atoms with Gasteiger partial charge in [-0.2, -0.15) is 0 Å². The van der Waals surface area contributed by atoms with Crippen LogP contribution in [0.25, 0.3) is 0 Å².